The van der Waals surface area contributed by atoms with Gasteiger partial charge in [0.2, 0.25) is 5.91 Å². The van der Waals surface area contributed by atoms with Crippen LogP contribution in [0.3, 0.4) is 0 Å². The zero-order valence-corrected chi connectivity index (χ0v) is 19.1. The number of halogens is 3. The number of carbonyl (C=O) groups excluding carboxylic acids is 1. The third-order valence-corrected chi connectivity index (χ3v) is 5.20. The summed E-state index contributed by atoms with van der Waals surface area (Å²) in [6.07, 6.45) is 6.54. The zero-order chi connectivity index (χ0) is 25.7. The minimum Gasteiger partial charge on any atom is -0.506 e. The molecule has 4 aromatic heterocycles. The second-order valence-corrected chi connectivity index (χ2v) is 7.72. The molecule has 0 saturated heterocycles. The molecular formula is C21H18ClF2N9O3. The Morgan fingerprint density at radius 3 is 2.69 bits per heavy atom. The van der Waals surface area contributed by atoms with E-state index in [1.807, 2.05) is 0 Å². The Labute approximate surface area is 206 Å². The van der Waals surface area contributed by atoms with Crippen LogP contribution in [0.15, 0.2) is 60.3 Å². The average molecular weight is 518 g/mol. The summed E-state index contributed by atoms with van der Waals surface area (Å²) in [5.74, 6) is -5.36. The van der Waals surface area contributed by atoms with Crippen LogP contribution in [0.25, 0.3) is 5.69 Å². The summed E-state index contributed by atoms with van der Waals surface area (Å²) >= 11 is 6.03. The second-order valence-electron chi connectivity index (χ2n) is 7.34. The van der Waals surface area contributed by atoms with Gasteiger partial charge < -0.3 is 15.7 Å². The van der Waals surface area contributed by atoms with Crippen molar-refractivity contribution in [2.45, 2.75) is 19.0 Å². The largest absolute Gasteiger partial charge is 0.506 e. The summed E-state index contributed by atoms with van der Waals surface area (Å²) in [7, 11) is 0. The molecule has 4 aromatic rings. The second kappa shape index (κ2) is 10.4. The highest BCUT2D eigenvalue weighted by atomic mass is 35.5. The van der Waals surface area contributed by atoms with E-state index in [0.29, 0.717) is 11.4 Å². The van der Waals surface area contributed by atoms with Crippen LogP contribution in [0.1, 0.15) is 11.4 Å². The number of aromatic hydroxyl groups is 1. The molecule has 15 heteroatoms. The van der Waals surface area contributed by atoms with Gasteiger partial charge in [0.15, 0.2) is 11.5 Å². The van der Waals surface area contributed by atoms with Crippen LogP contribution in [0, 0.1) is 0 Å². The normalized spacial score (nSPS) is 11.3. The lowest BCUT2D eigenvalue weighted by Crippen LogP contribution is -2.35. The van der Waals surface area contributed by atoms with Crippen molar-refractivity contribution in [3.63, 3.8) is 0 Å². The first-order valence-electron chi connectivity index (χ1n) is 10.3. The molecule has 0 saturated carbocycles. The lowest BCUT2D eigenvalue weighted by Gasteiger charge is -2.18. The highest BCUT2D eigenvalue weighted by Gasteiger charge is 2.36. The number of hydrogen-bond acceptors (Lipinski definition) is 9. The Hall–Kier alpha value is -4.46. The Kier molecular flexibility index (Phi) is 7.15. The monoisotopic (exact) mass is 517 g/mol. The molecule has 0 aliphatic carbocycles. The van der Waals surface area contributed by atoms with E-state index in [4.69, 9.17) is 11.6 Å². The molecular weight excluding hydrogens is 500 g/mol. The fraction of sp³-hybridized carbons (Fsp3) is 0.190. The number of nitrogens with zero attached hydrogens (tertiary/aromatic N) is 7. The van der Waals surface area contributed by atoms with Crippen molar-refractivity contribution in [2.75, 3.05) is 11.9 Å². The van der Waals surface area contributed by atoms with Crippen LogP contribution in [-0.2, 0) is 23.8 Å². The van der Waals surface area contributed by atoms with Crippen molar-refractivity contribution < 1.29 is 18.7 Å². The van der Waals surface area contributed by atoms with Crippen molar-refractivity contribution in [3.8, 4) is 11.4 Å². The molecule has 12 nitrogen and oxygen atoms in total. The van der Waals surface area contributed by atoms with Gasteiger partial charge >= 0.3 is 5.92 Å². The SMILES string of the molecule is O=C(Cn1c(Cl)cnc(NCC(F)(F)c2ncccc2O)c1=O)NCc1ncccc1-n1cncn1. The molecule has 0 spiro atoms. The van der Waals surface area contributed by atoms with E-state index in [0.717, 1.165) is 23.0 Å². The molecule has 0 radical (unpaired) electrons. The fourth-order valence-corrected chi connectivity index (χ4v) is 3.37. The lowest BCUT2D eigenvalue weighted by molar-refractivity contribution is -0.121. The van der Waals surface area contributed by atoms with Gasteiger partial charge in [-0.05, 0) is 24.3 Å². The number of rotatable bonds is 9. The van der Waals surface area contributed by atoms with Crippen LogP contribution in [0.4, 0.5) is 14.6 Å². The number of anilines is 1. The Morgan fingerprint density at radius 1 is 1.17 bits per heavy atom. The van der Waals surface area contributed by atoms with Gasteiger partial charge in [-0.15, -0.1) is 0 Å². The predicted molar refractivity (Wildman–Crippen MR) is 123 cm³/mol. The molecule has 0 aliphatic rings. The number of hydrogen-bond donors (Lipinski definition) is 3. The van der Waals surface area contributed by atoms with E-state index in [1.54, 1.807) is 18.3 Å². The first-order chi connectivity index (χ1) is 17.3. The van der Waals surface area contributed by atoms with Gasteiger partial charge in [-0.1, -0.05) is 11.6 Å². The number of amides is 1. The summed E-state index contributed by atoms with van der Waals surface area (Å²) in [4.78, 5) is 40.7. The van der Waals surface area contributed by atoms with E-state index < -0.39 is 47.7 Å². The van der Waals surface area contributed by atoms with Crippen molar-refractivity contribution in [1.82, 2.24) is 39.6 Å². The van der Waals surface area contributed by atoms with Gasteiger partial charge in [-0.25, -0.2) is 14.6 Å². The Morgan fingerprint density at radius 2 is 1.94 bits per heavy atom. The first-order valence-corrected chi connectivity index (χ1v) is 10.7. The van der Waals surface area contributed by atoms with Crippen LogP contribution >= 0.6 is 11.6 Å². The average Bonchev–Trinajstić information content (AvgIpc) is 3.40. The Balaban J connectivity index is 1.44. The van der Waals surface area contributed by atoms with Gasteiger partial charge in [-0.3, -0.25) is 24.1 Å². The van der Waals surface area contributed by atoms with Gasteiger partial charge in [0, 0.05) is 12.4 Å². The molecule has 4 heterocycles. The predicted octanol–water partition coefficient (Wildman–Crippen LogP) is 1.49. The first kappa shape index (κ1) is 24.7. The summed E-state index contributed by atoms with van der Waals surface area (Å²) in [5, 5.41) is 18.4. The third-order valence-electron chi connectivity index (χ3n) is 4.90. The quantitative estimate of drug-likeness (QED) is 0.300. The van der Waals surface area contributed by atoms with E-state index >= 15 is 0 Å². The van der Waals surface area contributed by atoms with E-state index in [2.05, 4.69) is 35.7 Å². The molecule has 36 heavy (non-hydrogen) atoms. The molecule has 0 atom stereocenters. The number of aromatic nitrogens is 7. The number of alkyl halides is 2. The summed E-state index contributed by atoms with van der Waals surface area (Å²) in [5.41, 5.74) is -0.654. The number of nitrogens with one attached hydrogen (secondary N) is 2. The third kappa shape index (κ3) is 5.43. The van der Waals surface area contributed by atoms with Gasteiger partial charge in [0.25, 0.3) is 5.56 Å². The molecule has 0 unspecified atom stereocenters. The molecule has 1 amide bonds. The smallest absolute Gasteiger partial charge is 0.310 e. The van der Waals surface area contributed by atoms with Crippen molar-refractivity contribution in [3.05, 3.63) is 82.4 Å². The molecule has 0 aromatic carbocycles. The zero-order valence-electron chi connectivity index (χ0n) is 18.3. The van der Waals surface area contributed by atoms with Gasteiger partial charge in [0.05, 0.1) is 30.7 Å². The summed E-state index contributed by atoms with van der Waals surface area (Å²) in [6.45, 7) is -1.58. The number of pyridine rings is 2. The van der Waals surface area contributed by atoms with Crippen molar-refractivity contribution in [1.29, 1.82) is 0 Å². The highest BCUT2D eigenvalue weighted by Crippen LogP contribution is 2.32. The topological polar surface area (TPSA) is 153 Å². The Bertz CT molecular complexity index is 1430. The summed E-state index contributed by atoms with van der Waals surface area (Å²) in [6, 6.07) is 5.82. The maximum Gasteiger partial charge on any atom is 0.310 e. The minimum absolute atomic E-state index is 0.0111. The van der Waals surface area contributed by atoms with Crippen LogP contribution < -0.4 is 16.2 Å². The van der Waals surface area contributed by atoms with Crippen molar-refractivity contribution >= 4 is 23.3 Å². The van der Waals surface area contributed by atoms with E-state index in [-0.39, 0.29) is 11.7 Å². The molecule has 3 N–H and O–H groups in total. The van der Waals surface area contributed by atoms with Gasteiger partial charge in [0.1, 0.15) is 30.1 Å². The van der Waals surface area contributed by atoms with Crippen LogP contribution in [-0.4, -0.2) is 51.8 Å². The molecule has 0 aliphatic heterocycles. The van der Waals surface area contributed by atoms with Crippen LogP contribution in [0.5, 0.6) is 5.75 Å². The fourth-order valence-electron chi connectivity index (χ4n) is 3.18. The molecule has 0 fully saturated rings. The van der Waals surface area contributed by atoms with E-state index in [9.17, 15) is 23.5 Å². The lowest BCUT2D eigenvalue weighted by atomic mass is 10.2. The highest BCUT2D eigenvalue weighted by molar-refractivity contribution is 6.29. The summed E-state index contributed by atoms with van der Waals surface area (Å²) < 4.78 is 31.3. The van der Waals surface area contributed by atoms with E-state index in [1.165, 1.54) is 23.4 Å². The van der Waals surface area contributed by atoms with Gasteiger partial charge in [-0.2, -0.15) is 13.9 Å². The minimum atomic E-state index is -3.62. The molecule has 186 valence electrons. The number of carbonyl (C=O) groups is 1. The van der Waals surface area contributed by atoms with Crippen molar-refractivity contribution in [2.24, 2.45) is 0 Å². The molecule has 0 bridgehead atoms. The van der Waals surface area contributed by atoms with Crippen LogP contribution in [0.2, 0.25) is 5.15 Å². The molecule has 4 rings (SSSR count). The maximum atomic E-state index is 14.5. The maximum absolute atomic E-state index is 14.5. The standard InChI is InChI=1S/C21H18ClF2N9O3/c22-16-8-29-19(30-10-21(23,24)18-15(34)4-2-6-27-18)20(36)32(16)9-17(35)28-7-13-14(3-1-5-26-13)33-12-25-11-31-33/h1-6,8,11-12,34H,7,9-10H2,(H,28,35)(H,29,30).